The fraction of sp³-hybridized carbons (Fsp3) is 0.938. The van der Waals surface area contributed by atoms with Crippen molar-refractivity contribution >= 4 is 5.91 Å². The van der Waals surface area contributed by atoms with Crippen molar-refractivity contribution in [1.29, 1.82) is 0 Å². The second kappa shape index (κ2) is 6.90. The number of amides is 1. The molecule has 20 heavy (non-hydrogen) atoms. The Morgan fingerprint density at radius 2 is 1.90 bits per heavy atom. The Hall–Kier alpha value is -0.610. The summed E-state index contributed by atoms with van der Waals surface area (Å²) in [5.41, 5.74) is 0. The standard InChI is InChI=1S/C16H31N3O/c1-5-14-17-15(12(3)4)16(20)19(14)11-13-7-9-18(6-2)10-8-13/h12-15,17H,5-11H2,1-4H3. The molecule has 4 heteroatoms. The molecule has 2 unspecified atom stereocenters. The van der Waals surface area contributed by atoms with Crippen molar-refractivity contribution in [2.24, 2.45) is 11.8 Å². The van der Waals surface area contributed by atoms with E-state index in [4.69, 9.17) is 0 Å². The summed E-state index contributed by atoms with van der Waals surface area (Å²) in [5.74, 6) is 1.39. The van der Waals surface area contributed by atoms with Gasteiger partial charge in [0.2, 0.25) is 5.91 Å². The maximum atomic E-state index is 12.6. The Kier molecular flexibility index (Phi) is 5.44. The molecule has 0 spiro atoms. The number of hydrogen-bond acceptors (Lipinski definition) is 3. The zero-order chi connectivity index (χ0) is 14.7. The van der Waals surface area contributed by atoms with Gasteiger partial charge in [0.1, 0.15) is 0 Å². The van der Waals surface area contributed by atoms with Crippen LogP contribution in [-0.2, 0) is 4.79 Å². The number of carbonyl (C=O) groups excluding carboxylic acids is 1. The summed E-state index contributed by atoms with van der Waals surface area (Å²) in [6.07, 6.45) is 3.72. The third-order valence-electron chi connectivity index (χ3n) is 4.96. The SMILES string of the molecule is CCC1NC(C(C)C)C(=O)N1CC1CCN(CC)CC1. The molecule has 2 atom stereocenters. The molecule has 2 aliphatic rings. The van der Waals surface area contributed by atoms with Crippen molar-refractivity contribution in [3.05, 3.63) is 0 Å². The lowest BCUT2D eigenvalue weighted by atomic mass is 9.95. The highest BCUT2D eigenvalue weighted by molar-refractivity contribution is 5.84. The molecule has 4 nitrogen and oxygen atoms in total. The van der Waals surface area contributed by atoms with E-state index in [0.717, 1.165) is 19.5 Å². The van der Waals surface area contributed by atoms with Gasteiger partial charge in [0.25, 0.3) is 0 Å². The zero-order valence-electron chi connectivity index (χ0n) is 13.6. The number of rotatable bonds is 5. The van der Waals surface area contributed by atoms with Crippen molar-refractivity contribution in [3.8, 4) is 0 Å². The number of hydrogen-bond donors (Lipinski definition) is 1. The van der Waals surface area contributed by atoms with Gasteiger partial charge in [-0.2, -0.15) is 0 Å². The first-order valence-corrected chi connectivity index (χ1v) is 8.35. The summed E-state index contributed by atoms with van der Waals surface area (Å²) < 4.78 is 0. The molecule has 0 radical (unpaired) electrons. The van der Waals surface area contributed by atoms with E-state index in [0.29, 0.717) is 17.7 Å². The minimum atomic E-state index is 0.0238. The summed E-state index contributed by atoms with van der Waals surface area (Å²) in [4.78, 5) is 17.2. The van der Waals surface area contributed by atoms with Crippen LogP contribution in [0.3, 0.4) is 0 Å². The largest absolute Gasteiger partial charge is 0.326 e. The predicted octanol–water partition coefficient (Wildman–Crippen LogP) is 1.91. The second-order valence-electron chi connectivity index (χ2n) is 6.68. The van der Waals surface area contributed by atoms with Crippen LogP contribution in [-0.4, -0.2) is 54.1 Å². The Balaban J connectivity index is 1.92. The molecule has 1 N–H and O–H groups in total. The summed E-state index contributed by atoms with van der Waals surface area (Å²) >= 11 is 0. The highest BCUT2D eigenvalue weighted by Gasteiger charge is 2.40. The molecule has 0 bridgehead atoms. The molecule has 0 aromatic rings. The van der Waals surface area contributed by atoms with Crippen molar-refractivity contribution in [1.82, 2.24) is 15.1 Å². The molecule has 116 valence electrons. The van der Waals surface area contributed by atoms with E-state index < -0.39 is 0 Å². The second-order valence-corrected chi connectivity index (χ2v) is 6.68. The predicted molar refractivity (Wildman–Crippen MR) is 82.4 cm³/mol. The zero-order valence-corrected chi connectivity index (χ0v) is 13.6. The normalized spacial score (nSPS) is 29.6. The average Bonchev–Trinajstić information content (AvgIpc) is 2.77. The van der Waals surface area contributed by atoms with Crippen molar-refractivity contribution in [2.75, 3.05) is 26.2 Å². The van der Waals surface area contributed by atoms with Gasteiger partial charge >= 0.3 is 0 Å². The Morgan fingerprint density at radius 1 is 1.25 bits per heavy atom. The van der Waals surface area contributed by atoms with E-state index in [-0.39, 0.29) is 12.2 Å². The molecular weight excluding hydrogens is 250 g/mol. The number of carbonyl (C=O) groups is 1. The molecule has 2 fully saturated rings. The van der Waals surface area contributed by atoms with Crippen LogP contribution in [0, 0.1) is 11.8 Å². The molecule has 1 amide bonds. The number of nitrogens with one attached hydrogen (secondary N) is 1. The monoisotopic (exact) mass is 281 g/mol. The van der Waals surface area contributed by atoms with Crippen molar-refractivity contribution in [3.63, 3.8) is 0 Å². The number of piperidine rings is 1. The van der Waals surface area contributed by atoms with Gasteiger partial charge in [-0.1, -0.05) is 27.7 Å². The summed E-state index contributed by atoms with van der Waals surface area (Å²) in [6, 6.07) is 0.0238. The topological polar surface area (TPSA) is 35.6 Å². The molecular formula is C16H31N3O. The van der Waals surface area contributed by atoms with Crippen LogP contribution in [0.2, 0.25) is 0 Å². The fourth-order valence-corrected chi connectivity index (χ4v) is 3.50. The van der Waals surface area contributed by atoms with Gasteiger partial charge in [0, 0.05) is 6.54 Å². The lowest BCUT2D eigenvalue weighted by molar-refractivity contribution is -0.131. The highest BCUT2D eigenvalue weighted by atomic mass is 16.2. The van der Waals surface area contributed by atoms with E-state index in [2.05, 4.69) is 42.8 Å². The molecule has 2 aliphatic heterocycles. The number of nitrogens with zero attached hydrogens (tertiary/aromatic N) is 2. The molecule has 0 aromatic carbocycles. The van der Waals surface area contributed by atoms with Gasteiger partial charge in [0.05, 0.1) is 12.2 Å². The minimum Gasteiger partial charge on any atom is -0.326 e. The van der Waals surface area contributed by atoms with Crippen LogP contribution in [0.1, 0.15) is 47.0 Å². The van der Waals surface area contributed by atoms with Gasteiger partial charge in [-0.15, -0.1) is 0 Å². The quantitative estimate of drug-likeness (QED) is 0.836. The van der Waals surface area contributed by atoms with Gasteiger partial charge in [-0.25, -0.2) is 0 Å². The molecule has 2 heterocycles. The van der Waals surface area contributed by atoms with Crippen LogP contribution in [0.4, 0.5) is 0 Å². The molecule has 2 rings (SSSR count). The summed E-state index contributed by atoms with van der Waals surface area (Å²) in [7, 11) is 0. The molecule has 0 aromatic heterocycles. The Bertz CT molecular complexity index is 324. The third kappa shape index (κ3) is 3.34. The van der Waals surface area contributed by atoms with Crippen LogP contribution in [0.15, 0.2) is 0 Å². The van der Waals surface area contributed by atoms with Crippen molar-refractivity contribution < 1.29 is 4.79 Å². The molecule has 2 saturated heterocycles. The van der Waals surface area contributed by atoms with Crippen LogP contribution in [0.25, 0.3) is 0 Å². The first kappa shape index (κ1) is 15.8. The average molecular weight is 281 g/mol. The summed E-state index contributed by atoms with van der Waals surface area (Å²) in [5, 5.41) is 3.52. The van der Waals surface area contributed by atoms with E-state index in [1.165, 1.54) is 25.9 Å². The van der Waals surface area contributed by atoms with Gasteiger partial charge in [-0.3, -0.25) is 10.1 Å². The number of likely N-dealkylation sites (tertiary alicyclic amines) is 1. The first-order valence-electron chi connectivity index (χ1n) is 8.35. The first-order chi connectivity index (χ1) is 9.56. The summed E-state index contributed by atoms with van der Waals surface area (Å²) in [6.45, 7) is 13.2. The van der Waals surface area contributed by atoms with E-state index in [1.807, 2.05) is 0 Å². The van der Waals surface area contributed by atoms with Crippen molar-refractivity contribution in [2.45, 2.75) is 59.2 Å². The van der Waals surface area contributed by atoms with Gasteiger partial charge in [-0.05, 0) is 50.7 Å². The highest BCUT2D eigenvalue weighted by Crippen LogP contribution is 2.24. The smallest absolute Gasteiger partial charge is 0.241 e. The van der Waals surface area contributed by atoms with E-state index in [1.54, 1.807) is 0 Å². The molecule has 0 aliphatic carbocycles. The molecule has 0 saturated carbocycles. The van der Waals surface area contributed by atoms with Crippen LogP contribution >= 0.6 is 0 Å². The van der Waals surface area contributed by atoms with E-state index >= 15 is 0 Å². The van der Waals surface area contributed by atoms with Crippen LogP contribution in [0.5, 0.6) is 0 Å². The Labute approximate surface area is 123 Å². The maximum absolute atomic E-state index is 12.6. The third-order valence-corrected chi connectivity index (χ3v) is 4.96. The lowest BCUT2D eigenvalue weighted by Gasteiger charge is -2.34. The van der Waals surface area contributed by atoms with Crippen LogP contribution < -0.4 is 5.32 Å². The van der Waals surface area contributed by atoms with E-state index in [9.17, 15) is 4.79 Å². The minimum absolute atomic E-state index is 0.0238. The van der Waals surface area contributed by atoms with Gasteiger partial charge < -0.3 is 9.80 Å². The maximum Gasteiger partial charge on any atom is 0.241 e. The lowest BCUT2D eigenvalue weighted by Crippen LogP contribution is -2.43. The Morgan fingerprint density at radius 3 is 2.40 bits per heavy atom. The van der Waals surface area contributed by atoms with Gasteiger partial charge in [0.15, 0.2) is 0 Å². The fourth-order valence-electron chi connectivity index (χ4n) is 3.50.